The monoisotopic (exact) mass is 329 g/mol. The summed E-state index contributed by atoms with van der Waals surface area (Å²) in [6.07, 6.45) is 10.4. The van der Waals surface area contributed by atoms with Gasteiger partial charge in [0.15, 0.2) is 5.79 Å². The molecule has 2 heterocycles. The molecule has 1 aromatic carbocycles. The predicted molar refractivity (Wildman–Crippen MR) is 95.8 cm³/mol. The van der Waals surface area contributed by atoms with E-state index in [0.29, 0.717) is 12.0 Å². The summed E-state index contributed by atoms with van der Waals surface area (Å²) in [4.78, 5) is 2.58. The number of likely N-dealkylation sites (tertiary alicyclic amines) is 1. The first kappa shape index (κ1) is 16.6. The molecule has 0 radical (unpaired) electrons. The van der Waals surface area contributed by atoms with E-state index in [2.05, 4.69) is 35.2 Å². The van der Waals surface area contributed by atoms with E-state index in [9.17, 15) is 0 Å². The molecule has 1 saturated carbocycles. The third-order valence-electron chi connectivity index (χ3n) is 6.21. The molecular weight excluding hydrogens is 298 g/mol. The molecule has 0 bridgehead atoms. The lowest BCUT2D eigenvalue weighted by atomic mass is 9.79. The van der Waals surface area contributed by atoms with Crippen LogP contribution in [-0.4, -0.2) is 37.2 Å². The average molecular weight is 329 g/mol. The van der Waals surface area contributed by atoms with Crippen molar-refractivity contribution in [2.24, 2.45) is 5.92 Å². The van der Waals surface area contributed by atoms with Crippen molar-refractivity contribution >= 4 is 0 Å². The molecule has 0 atom stereocenters. The number of ether oxygens (including phenoxy) is 2. The van der Waals surface area contributed by atoms with Gasteiger partial charge in [0.25, 0.3) is 0 Å². The van der Waals surface area contributed by atoms with Gasteiger partial charge in [-0.3, -0.25) is 4.90 Å². The van der Waals surface area contributed by atoms with Gasteiger partial charge in [0.1, 0.15) is 0 Å². The maximum atomic E-state index is 6.59. The third kappa shape index (κ3) is 3.26. The highest BCUT2D eigenvalue weighted by Gasteiger charge is 2.47. The van der Waals surface area contributed by atoms with Crippen molar-refractivity contribution in [2.45, 2.75) is 63.2 Å². The van der Waals surface area contributed by atoms with Crippen LogP contribution in [0.15, 0.2) is 30.3 Å². The molecule has 24 heavy (non-hydrogen) atoms. The molecule has 0 unspecified atom stereocenters. The molecule has 1 aromatic rings. The minimum Gasteiger partial charge on any atom is -0.344 e. The molecule has 1 aliphatic carbocycles. The lowest BCUT2D eigenvalue weighted by molar-refractivity contribution is -0.323. The second-order valence-electron chi connectivity index (χ2n) is 7.74. The highest BCUT2D eigenvalue weighted by Crippen LogP contribution is 2.45. The van der Waals surface area contributed by atoms with Crippen LogP contribution in [0.1, 0.15) is 56.9 Å². The van der Waals surface area contributed by atoms with Gasteiger partial charge >= 0.3 is 0 Å². The van der Waals surface area contributed by atoms with Crippen molar-refractivity contribution in [3.8, 4) is 0 Å². The molecule has 132 valence electrons. The largest absolute Gasteiger partial charge is 0.344 e. The summed E-state index contributed by atoms with van der Waals surface area (Å²) in [6.45, 7) is 4.04. The zero-order chi connectivity index (χ0) is 16.2. The Kier molecular flexibility index (Phi) is 5.21. The van der Waals surface area contributed by atoms with Gasteiger partial charge in [0.2, 0.25) is 0 Å². The summed E-state index contributed by atoms with van der Waals surface area (Å²) in [6, 6.07) is 11.1. The van der Waals surface area contributed by atoms with E-state index in [1.54, 1.807) is 0 Å². The summed E-state index contributed by atoms with van der Waals surface area (Å²) < 4.78 is 13.2. The first-order chi connectivity index (χ1) is 11.9. The quantitative estimate of drug-likeness (QED) is 0.824. The number of nitrogens with zero attached hydrogens (tertiary/aromatic N) is 1. The molecule has 2 aliphatic heterocycles. The summed E-state index contributed by atoms with van der Waals surface area (Å²) in [7, 11) is 0. The zero-order valence-corrected chi connectivity index (χ0v) is 14.8. The first-order valence-electron chi connectivity index (χ1n) is 9.96. The highest BCUT2D eigenvalue weighted by atomic mass is 16.7. The van der Waals surface area contributed by atoms with Gasteiger partial charge in [0.05, 0.1) is 19.3 Å². The summed E-state index contributed by atoms with van der Waals surface area (Å²) in [5, 5.41) is 0. The Hall–Kier alpha value is -0.900. The van der Waals surface area contributed by atoms with Crippen molar-refractivity contribution < 1.29 is 9.47 Å². The van der Waals surface area contributed by atoms with Crippen LogP contribution in [0.2, 0.25) is 0 Å². The highest BCUT2D eigenvalue weighted by molar-refractivity contribution is 5.22. The van der Waals surface area contributed by atoms with Crippen molar-refractivity contribution in [3.05, 3.63) is 35.9 Å². The standard InChI is InChI=1S/C21H31NO2/c1-4-10-18(11-5-1)21(19-12-6-2-7-13-19)23-16-20(17-24-21)22-14-8-3-9-15-22/h1,4-5,10-11,19-20H,2-3,6-9,12-17H2. The van der Waals surface area contributed by atoms with E-state index >= 15 is 0 Å². The lowest BCUT2D eigenvalue weighted by Gasteiger charge is -2.48. The minimum atomic E-state index is -0.506. The molecule has 4 rings (SSSR count). The van der Waals surface area contributed by atoms with Gasteiger partial charge in [0, 0.05) is 11.5 Å². The molecule has 3 heteroatoms. The van der Waals surface area contributed by atoms with Crippen LogP contribution in [0.5, 0.6) is 0 Å². The van der Waals surface area contributed by atoms with Crippen molar-refractivity contribution in [3.63, 3.8) is 0 Å². The van der Waals surface area contributed by atoms with Crippen molar-refractivity contribution in [2.75, 3.05) is 26.3 Å². The predicted octanol–water partition coefficient (Wildman–Crippen LogP) is 4.32. The topological polar surface area (TPSA) is 21.7 Å². The van der Waals surface area contributed by atoms with Crippen molar-refractivity contribution in [1.29, 1.82) is 0 Å². The van der Waals surface area contributed by atoms with Gasteiger partial charge in [-0.1, -0.05) is 56.0 Å². The van der Waals surface area contributed by atoms with Gasteiger partial charge < -0.3 is 9.47 Å². The van der Waals surface area contributed by atoms with Crippen LogP contribution in [0.3, 0.4) is 0 Å². The summed E-state index contributed by atoms with van der Waals surface area (Å²) in [5.74, 6) is -0.00973. The fourth-order valence-corrected chi connectivity index (χ4v) is 4.82. The number of rotatable bonds is 3. The van der Waals surface area contributed by atoms with Gasteiger partial charge in [-0.2, -0.15) is 0 Å². The van der Waals surface area contributed by atoms with E-state index in [-0.39, 0.29) is 0 Å². The minimum absolute atomic E-state index is 0.436. The Morgan fingerprint density at radius 1 is 0.792 bits per heavy atom. The van der Waals surface area contributed by atoms with Gasteiger partial charge in [-0.25, -0.2) is 0 Å². The number of benzene rings is 1. The Balaban J connectivity index is 1.52. The maximum Gasteiger partial charge on any atom is 0.197 e. The number of hydrogen-bond donors (Lipinski definition) is 0. The lowest BCUT2D eigenvalue weighted by Crippen LogP contribution is -2.55. The first-order valence-corrected chi connectivity index (χ1v) is 9.96. The fraction of sp³-hybridized carbons (Fsp3) is 0.714. The van der Waals surface area contributed by atoms with E-state index in [1.807, 2.05) is 0 Å². The smallest absolute Gasteiger partial charge is 0.197 e. The SMILES string of the molecule is c1ccc(C2(C3CCCCC3)OCC(N3CCCCC3)CO2)cc1. The van der Waals surface area contributed by atoms with Crippen LogP contribution in [0.25, 0.3) is 0 Å². The summed E-state index contributed by atoms with van der Waals surface area (Å²) >= 11 is 0. The van der Waals surface area contributed by atoms with Crippen LogP contribution in [0, 0.1) is 5.92 Å². The fourth-order valence-electron chi connectivity index (χ4n) is 4.82. The molecule has 3 nitrogen and oxygen atoms in total. The van der Waals surface area contributed by atoms with Gasteiger partial charge in [-0.05, 0) is 38.8 Å². The van der Waals surface area contributed by atoms with E-state index < -0.39 is 5.79 Å². The average Bonchev–Trinajstić information content (AvgIpc) is 2.70. The van der Waals surface area contributed by atoms with Crippen LogP contribution >= 0.6 is 0 Å². The molecule has 0 amide bonds. The van der Waals surface area contributed by atoms with E-state index in [1.165, 1.54) is 70.0 Å². The molecule has 3 fully saturated rings. The van der Waals surface area contributed by atoms with E-state index in [0.717, 1.165) is 13.2 Å². The second-order valence-corrected chi connectivity index (χ2v) is 7.74. The molecular formula is C21H31NO2. The zero-order valence-electron chi connectivity index (χ0n) is 14.8. The molecule has 0 N–H and O–H groups in total. The summed E-state index contributed by atoms with van der Waals surface area (Å²) in [5.41, 5.74) is 1.22. The van der Waals surface area contributed by atoms with Crippen molar-refractivity contribution in [1.82, 2.24) is 4.90 Å². The second kappa shape index (κ2) is 7.55. The maximum absolute atomic E-state index is 6.59. The Labute approximate surface area is 146 Å². The molecule has 0 spiro atoms. The molecule has 2 saturated heterocycles. The third-order valence-corrected chi connectivity index (χ3v) is 6.21. The molecule has 3 aliphatic rings. The Bertz CT molecular complexity index is 498. The number of piperidine rings is 1. The Morgan fingerprint density at radius 2 is 1.42 bits per heavy atom. The van der Waals surface area contributed by atoms with Gasteiger partial charge in [-0.15, -0.1) is 0 Å². The van der Waals surface area contributed by atoms with Crippen LogP contribution in [0.4, 0.5) is 0 Å². The van der Waals surface area contributed by atoms with Crippen LogP contribution < -0.4 is 0 Å². The normalized spacial score (nSPS) is 33.4. The Morgan fingerprint density at radius 3 is 2.08 bits per heavy atom. The van der Waals surface area contributed by atoms with E-state index in [4.69, 9.17) is 9.47 Å². The van der Waals surface area contributed by atoms with Crippen LogP contribution in [-0.2, 0) is 15.3 Å². The number of hydrogen-bond acceptors (Lipinski definition) is 3. The molecule has 0 aromatic heterocycles.